The van der Waals surface area contributed by atoms with E-state index in [1.165, 1.54) is 6.20 Å². The summed E-state index contributed by atoms with van der Waals surface area (Å²) in [6.45, 7) is 2.60. The highest BCUT2D eigenvalue weighted by Gasteiger charge is 2.36. The van der Waals surface area contributed by atoms with E-state index in [0.717, 1.165) is 6.07 Å². The highest BCUT2D eigenvalue weighted by Crippen LogP contribution is 2.36. The Balaban J connectivity index is 1.92. The van der Waals surface area contributed by atoms with Crippen LogP contribution in [0, 0.1) is 13.8 Å². The van der Waals surface area contributed by atoms with Gasteiger partial charge in [-0.25, -0.2) is 0 Å². The number of aromatic amines is 2. The summed E-state index contributed by atoms with van der Waals surface area (Å²) in [5.74, 6) is -0.199. The maximum atomic E-state index is 13.0. The number of alkyl halides is 6. The molecule has 33 heavy (non-hydrogen) atoms. The Morgan fingerprint density at radius 2 is 1.48 bits per heavy atom. The van der Waals surface area contributed by atoms with Crippen molar-refractivity contribution in [3.05, 3.63) is 83.5 Å². The van der Waals surface area contributed by atoms with E-state index in [4.69, 9.17) is 4.74 Å². The molecule has 176 valence electrons. The standard InChI is InChI=1S/C21H15BrF6N2O3/c1-9-17(19(32)18(22)10(2)30-9)14-7-29-16(6-15(14)31)33-8-11-3-12(20(23,24)25)5-13(4-11)21(26,27)28/h3-7H,8H2,1-2H3,(H,29,31)(H,30,32). The van der Waals surface area contributed by atoms with Gasteiger partial charge in [0.15, 0.2) is 11.3 Å². The quantitative estimate of drug-likeness (QED) is 0.418. The van der Waals surface area contributed by atoms with E-state index >= 15 is 0 Å². The van der Waals surface area contributed by atoms with Crippen LogP contribution in [0.1, 0.15) is 28.1 Å². The van der Waals surface area contributed by atoms with E-state index in [9.17, 15) is 35.9 Å². The molecule has 3 rings (SSSR count). The smallest absolute Gasteiger partial charge is 0.416 e. The van der Waals surface area contributed by atoms with Gasteiger partial charge >= 0.3 is 12.4 Å². The number of benzene rings is 1. The van der Waals surface area contributed by atoms with Crippen LogP contribution in [-0.4, -0.2) is 9.97 Å². The third-order valence-corrected chi connectivity index (χ3v) is 5.66. The lowest BCUT2D eigenvalue weighted by molar-refractivity contribution is -0.143. The summed E-state index contributed by atoms with van der Waals surface area (Å²) in [7, 11) is 0. The van der Waals surface area contributed by atoms with Crippen molar-refractivity contribution in [3.63, 3.8) is 0 Å². The molecular formula is C21H15BrF6N2O3. The first-order valence-corrected chi connectivity index (χ1v) is 10.0. The Hall–Kier alpha value is -3.02. The van der Waals surface area contributed by atoms with Gasteiger partial charge in [-0.3, -0.25) is 9.59 Å². The topological polar surface area (TPSA) is 75.0 Å². The number of pyridine rings is 2. The largest absolute Gasteiger partial charge is 0.474 e. The van der Waals surface area contributed by atoms with Crippen molar-refractivity contribution in [1.82, 2.24) is 9.97 Å². The second-order valence-electron chi connectivity index (χ2n) is 7.17. The van der Waals surface area contributed by atoms with Crippen LogP contribution in [0.4, 0.5) is 26.3 Å². The summed E-state index contributed by atoms with van der Waals surface area (Å²) >= 11 is 3.15. The number of aromatic nitrogens is 2. The monoisotopic (exact) mass is 536 g/mol. The van der Waals surface area contributed by atoms with Gasteiger partial charge in [-0.05, 0) is 53.5 Å². The van der Waals surface area contributed by atoms with Crippen molar-refractivity contribution in [2.45, 2.75) is 32.8 Å². The lowest BCUT2D eigenvalue weighted by atomic mass is 10.0. The Morgan fingerprint density at radius 3 is 2.00 bits per heavy atom. The normalized spacial score (nSPS) is 12.2. The molecule has 2 N–H and O–H groups in total. The average Bonchev–Trinajstić information content (AvgIpc) is 2.70. The summed E-state index contributed by atoms with van der Waals surface area (Å²) in [6, 6.07) is 2.04. The molecule has 12 heteroatoms. The number of rotatable bonds is 4. The number of hydrogen-bond donors (Lipinski definition) is 2. The molecule has 0 bridgehead atoms. The van der Waals surface area contributed by atoms with Crippen molar-refractivity contribution in [3.8, 4) is 17.0 Å². The van der Waals surface area contributed by atoms with E-state index < -0.39 is 46.5 Å². The Labute approximate surface area is 190 Å². The second-order valence-corrected chi connectivity index (χ2v) is 7.96. The van der Waals surface area contributed by atoms with Crippen LogP contribution in [0.25, 0.3) is 11.1 Å². The maximum Gasteiger partial charge on any atom is 0.416 e. The number of H-pyrrole nitrogens is 2. The van der Waals surface area contributed by atoms with Crippen molar-refractivity contribution < 1.29 is 31.1 Å². The zero-order valence-electron chi connectivity index (χ0n) is 17.0. The van der Waals surface area contributed by atoms with Crippen LogP contribution in [0.15, 0.2) is 44.5 Å². The molecule has 2 aromatic heterocycles. The Kier molecular flexibility index (Phi) is 6.51. The molecule has 0 aliphatic carbocycles. The summed E-state index contributed by atoms with van der Waals surface area (Å²) < 4.78 is 83.4. The van der Waals surface area contributed by atoms with Gasteiger partial charge in [0.2, 0.25) is 5.43 Å². The fourth-order valence-corrected chi connectivity index (χ4v) is 3.47. The van der Waals surface area contributed by atoms with Crippen LogP contribution in [0.5, 0.6) is 5.88 Å². The van der Waals surface area contributed by atoms with Crippen molar-refractivity contribution >= 4 is 15.9 Å². The predicted octanol–water partition coefficient (Wildman–Crippen LogP) is 5.73. The number of halogens is 7. The van der Waals surface area contributed by atoms with Crippen LogP contribution < -0.4 is 15.6 Å². The third-order valence-electron chi connectivity index (χ3n) is 4.70. The van der Waals surface area contributed by atoms with Crippen molar-refractivity contribution in [1.29, 1.82) is 0 Å². The molecule has 0 unspecified atom stereocenters. The first-order chi connectivity index (χ1) is 15.2. The lowest BCUT2D eigenvalue weighted by Crippen LogP contribution is -2.17. The SMILES string of the molecule is Cc1[nH]c(C)c(-c2c[nH]c(OCc3cc(C(F)(F)F)cc(C(F)(F)F)c3)cc2=O)c(=O)c1Br. The fraction of sp³-hybridized carbons (Fsp3) is 0.238. The van der Waals surface area contributed by atoms with Gasteiger partial charge in [0, 0.05) is 23.7 Å². The van der Waals surface area contributed by atoms with E-state index in [1.54, 1.807) is 13.8 Å². The summed E-state index contributed by atoms with van der Waals surface area (Å²) in [4.78, 5) is 30.7. The fourth-order valence-electron chi connectivity index (χ4n) is 3.17. The molecule has 0 aliphatic heterocycles. The van der Waals surface area contributed by atoms with Gasteiger partial charge < -0.3 is 14.7 Å². The molecule has 0 saturated heterocycles. The summed E-state index contributed by atoms with van der Waals surface area (Å²) in [6.07, 6.45) is -8.79. The van der Waals surface area contributed by atoms with Crippen LogP contribution in [0.2, 0.25) is 0 Å². The van der Waals surface area contributed by atoms with E-state index in [2.05, 4.69) is 25.9 Å². The van der Waals surface area contributed by atoms with Crippen molar-refractivity contribution in [2.75, 3.05) is 0 Å². The van der Waals surface area contributed by atoms with Crippen LogP contribution in [-0.2, 0) is 19.0 Å². The van der Waals surface area contributed by atoms with Gasteiger partial charge in [0.1, 0.15) is 6.61 Å². The molecule has 0 atom stereocenters. The summed E-state index contributed by atoms with van der Waals surface area (Å²) in [5, 5.41) is 0. The first-order valence-electron chi connectivity index (χ1n) is 9.21. The minimum absolute atomic E-state index is 0.0136. The molecular weight excluding hydrogens is 522 g/mol. The molecule has 3 aromatic rings. The van der Waals surface area contributed by atoms with Gasteiger partial charge in [-0.15, -0.1) is 0 Å². The number of nitrogens with one attached hydrogen (secondary N) is 2. The molecule has 2 heterocycles. The molecule has 0 amide bonds. The molecule has 0 radical (unpaired) electrons. The third kappa shape index (κ3) is 5.32. The van der Waals surface area contributed by atoms with E-state index in [0.29, 0.717) is 23.5 Å². The lowest BCUT2D eigenvalue weighted by Gasteiger charge is -2.15. The zero-order chi connectivity index (χ0) is 24.7. The number of hydrogen-bond acceptors (Lipinski definition) is 3. The highest BCUT2D eigenvalue weighted by atomic mass is 79.9. The minimum Gasteiger partial charge on any atom is -0.474 e. The molecule has 5 nitrogen and oxygen atoms in total. The molecule has 1 aromatic carbocycles. The Morgan fingerprint density at radius 1 is 0.909 bits per heavy atom. The van der Waals surface area contributed by atoms with Gasteiger partial charge in [0.05, 0.1) is 26.7 Å². The molecule has 0 saturated carbocycles. The van der Waals surface area contributed by atoms with Gasteiger partial charge in [-0.1, -0.05) is 0 Å². The maximum absolute atomic E-state index is 13.0. The van der Waals surface area contributed by atoms with Crippen LogP contribution in [0.3, 0.4) is 0 Å². The number of aryl methyl sites for hydroxylation is 2. The first kappa shape index (κ1) is 24.6. The molecule has 0 spiro atoms. The van der Waals surface area contributed by atoms with Gasteiger partial charge in [-0.2, -0.15) is 26.3 Å². The number of ether oxygens (including phenoxy) is 1. The zero-order valence-corrected chi connectivity index (χ0v) is 18.6. The van der Waals surface area contributed by atoms with E-state index in [-0.39, 0.29) is 27.5 Å². The summed E-state index contributed by atoms with van der Waals surface area (Å²) in [5.41, 5.74) is -3.27. The average molecular weight is 537 g/mol. The van der Waals surface area contributed by atoms with Crippen LogP contribution >= 0.6 is 15.9 Å². The van der Waals surface area contributed by atoms with Gasteiger partial charge in [0.25, 0.3) is 0 Å². The Bertz CT molecular complexity index is 1290. The molecule has 0 fully saturated rings. The second kappa shape index (κ2) is 8.73. The van der Waals surface area contributed by atoms with Crippen molar-refractivity contribution in [2.24, 2.45) is 0 Å². The predicted molar refractivity (Wildman–Crippen MR) is 111 cm³/mol. The highest BCUT2D eigenvalue weighted by molar-refractivity contribution is 9.10. The minimum atomic E-state index is -4.99. The van der Waals surface area contributed by atoms with E-state index in [1.807, 2.05) is 0 Å². The molecule has 0 aliphatic rings.